The van der Waals surface area contributed by atoms with Crippen molar-refractivity contribution in [2.75, 3.05) is 0 Å². The van der Waals surface area contributed by atoms with Gasteiger partial charge in [-0.25, -0.2) is 0 Å². The minimum absolute atomic E-state index is 1.06. The fraction of sp³-hybridized carbons (Fsp3) is 0.0417. The van der Waals surface area contributed by atoms with Gasteiger partial charge in [-0.05, 0) is 24.6 Å². The summed E-state index contributed by atoms with van der Waals surface area (Å²) in [4.78, 5) is 4.86. The molecule has 27 heavy (non-hydrogen) atoms. The molecule has 3 aromatic carbocycles. The van der Waals surface area contributed by atoms with E-state index in [9.17, 15) is 0 Å². The van der Waals surface area contributed by atoms with Gasteiger partial charge in [0.15, 0.2) is 0 Å². The second kappa shape index (κ2) is 5.62. The van der Waals surface area contributed by atoms with Gasteiger partial charge in [0.2, 0.25) is 0 Å². The third-order valence-electron chi connectivity index (χ3n) is 5.26. The summed E-state index contributed by atoms with van der Waals surface area (Å²) in [5, 5.41) is 5.22. The van der Waals surface area contributed by atoms with E-state index in [0.29, 0.717) is 0 Å². The summed E-state index contributed by atoms with van der Waals surface area (Å²) < 4.78 is 5.33. The highest BCUT2D eigenvalue weighted by molar-refractivity contribution is 7.26. The van der Waals surface area contributed by atoms with Crippen molar-refractivity contribution >= 4 is 63.0 Å². The normalized spacial score (nSPS) is 11.9. The molecular formula is C24H15NS2. The van der Waals surface area contributed by atoms with E-state index in [1.807, 2.05) is 22.7 Å². The van der Waals surface area contributed by atoms with E-state index in [2.05, 4.69) is 79.9 Å². The summed E-state index contributed by atoms with van der Waals surface area (Å²) in [6, 6.07) is 24.0. The molecule has 0 atom stereocenters. The van der Waals surface area contributed by atoms with Crippen LogP contribution < -0.4 is 0 Å². The molecule has 0 fully saturated rings. The van der Waals surface area contributed by atoms with Crippen molar-refractivity contribution in [1.29, 1.82) is 0 Å². The van der Waals surface area contributed by atoms with Crippen LogP contribution in [-0.4, -0.2) is 4.98 Å². The van der Waals surface area contributed by atoms with Gasteiger partial charge in [0, 0.05) is 52.1 Å². The molecule has 1 nitrogen and oxygen atoms in total. The minimum Gasteiger partial charge on any atom is -0.255 e. The van der Waals surface area contributed by atoms with E-state index in [-0.39, 0.29) is 0 Å². The molecule has 0 bridgehead atoms. The van der Waals surface area contributed by atoms with Crippen molar-refractivity contribution in [3.05, 3.63) is 78.5 Å². The molecule has 0 spiro atoms. The monoisotopic (exact) mass is 381 g/mol. The van der Waals surface area contributed by atoms with Gasteiger partial charge in [-0.1, -0.05) is 54.6 Å². The maximum atomic E-state index is 4.86. The predicted octanol–water partition coefficient (Wildman–Crippen LogP) is 7.79. The first-order chi connectivity index (χ1) is 13.3. The highest BCUT2D eigenvalue weighted by Crippen LogP contribution is 2.41. The third kappa shape index (κ3) is 2.19. The molecule has 0 unspecified atom stereocenters. The number of thiophene rings is 2. The lowest BCUT2D eigenvalue weighted by atomic mass is 10.1. The Hall–Kier alpha value is -2.75. The predicted molar refractivity (Wildman–Crippen MR) is 120 cm³/mol. The second-order valence-corrected chi connectivity index (χ2v) is 9.00. The van der Waals surface area contributed by atoms with Gasteiger partial charge in [-0.2, -0.15) is 0 Å². The summed E-state index contributed by atoms with van der Waals surface area (Å²) in [5.74, 6) is 0. The van der Waals surface area contributed by atoms with Crippen molar-refractivity contribution in [3.8, 4) is 11.3 Å². The van der Waals surface area contributed by atoms with Gasteiger partial charge in [-0.15, -0.1) is 22.7 Å². The Labute approximate surface area is 164 Å². The zero-order valence-electron chi connectivity index (χ0n) is 14.7. The Morgan fingerprint density at radius 2 is 1.41 bits per heavy atom. The molecule has 0 amide bonds. The maximum absolute atomic E-state index is 4.86. The number of benzene rings is 3. The first-order valence-electron chi connectivity index (χ1n) is 8.98. The average Bonchev–Trinajstić information content (AvgIpc) is 3.26. The number of aryl methyl sites for hydroxylation is 1. The minimum atomic E-state index is 1.06. The fourth-order valence-corrected chi connectivity index (χ4v) is 6.33. The molecule has 0 radical (unpaired) electrons. The zero-order chi connectivity index (χ0) is 18.0. The van der Waals surface area contributed by atoms with Crippen LogP contribution in [0.2, 0.25) is 0 Å². The first-order valence-corrected chi connectivity index (χ1v) is 10.6. The Balaban J connectivity index is 1.65. The summed E-state index contributed by atoms with van der Waals surface area (Å²) in [6.07, 6.45) is 2.05. The number of rotatable bonds is 1. The van der Waals surface area contributed by atoms with Gasteiger partial charge >= 0.3 is 0 Å². The first kappa shape index (κ1) is 15.3. The standard InChI is InChI=1S/C24H15NS2/c1-14-6-4-8-17-19-13-25-20(12-22(19)27-23(14)17)18-10-5-9-16-15-7-2-3-11-21(15)26-24(16)18/h2-13H,1H3. The number of hydrogen-bond acceptors (Lipinski definition) is 3. The van der Waals surface area contributed by atoms with Gasteiger partial charge in [0.25, 0.3) is 0 Å². The van der Waals surface area contributed by atoms with Crippen molar-refractivity contribution in [2.24, 2.45) is 0 Å². The highest BCUT2D eigenvalue weighted by Gasteiger charge is 2.13. The van der Waals surface area contributed by atoms with Crippen LogP contribution in [0.15, 0.2) is 72.9 Å². The molecule has 0 saturated heterocycles. The molecular weight excluding hydrogens is 366 g/mol. The average molecular weight is 382 g/mol. The molecule has 3 aromatic heterocycles. The van der Waals surface area contributed by atoms with Crippen LogP contribution in [0.3, 0.4) is 0 Å². The molecule has 0 N–H and O–H groups in total. The number of aromatic nitrogens is 1. The Morgan fingerprint density at radius 1 is 0.667 bits per heavy atom. The lowest BCUT2D eigenvalue weighted by molar-refractivity contribution is 1.37. The molecule has 0 saturated carbocycles. The van der Waals surface area contributed by atoms with Crippen LogP contribution in [0, 0.1) is 6.92 Å². The molecule has 0 aliphatic heterocycles. The van der Waals surface area contributed by atoms with E-state index < -0.39 is 0 Å². The van der Waals surface area contributed by atoms with Gasteiger partial charge in [0.05, 0.1) is 5.69 Å². The van der Waals surface area contributed by atoms with E-state index >= 15 is 0 Å². The lowest BCUT2D eigenvalue weighted by Gasteiger charge is -2.03. The lowest BCUT2D eigenvalue weighted by Crippen LogP contribution is -1.83. The maximum Gasteiger partial charge on any atom is 0.0730 e. The third-order valence-corrected chi connectivity index (χ3v) is 7.78. The summed E-state index contributed by atoms with van der Waals surface area (Å²) in [5.41, 5.74) is 3.62. The van der Waals surface area contributed by atoms with Crippen LogP contribution in [0.1, 0.15) is 5.56 Å². The van der Waals surface area contributed by atoms with Crippen LogP contribution in [0.5, 0.6) is 0 Å². The Morgan fingerprint density at radius 3 is 2.33 bits per heavy atom. The number of nitrogens with zero attached hydrogens (tertiary/aromatic N) is 1. The van der Waals surface area contributed by atoms with E-state index in [1.165, 1.54) is 51.5 Å². The smallest absolute Gasteiger partial charge is 0.0730 e. The second-order valence-electron chi connectivity index (χ2n) is 6.90. The van der Waals surface area contributed by atoms with Crippen molar-refractivity contribution in [3.63, 3.8) is 0 Å². The summed E-state index contributed by atoms with van der Waals surface area (Å²) in [7, 11) is 0. The van der Waals surface area contributed by atoms with E-state index in [1.54, 1.807) is 0 Å². The SMILES string of the molecule is Cc1cccc2c1sc1cc(-c3cccc4c3sc3ccccc34)ncc12. The van der Waals surface area contributed by atoms with Crippen LogP contribution >= 0.6 is 22.7 Å². The number of hydrogen-bond donors (Lipinski definition) is 0. The summed E-state index contributed by atoms with van der Waals surface area (Å²) in [6.45, 7) is 2.18. The Bertz CT molecular complexity index is 1490. The zero-order valence-corrected chi connectivity index (χ0v) is 16.3. The van der Waals surface area contributed by atoms with Crippen LogP contribution in [0.25, 0.3) is 51.6 Å². The van der Waals surface area contributed by atoms with Crippen molar-refractivity contribution in [1.82, 2.24) is 4.98 Å². The molecule has 6 rings (SSSR count). The molecule has 6 aromatic rings. The number of fused-ring (bicyclic) bond motifs is 6. The topological polar surface area (TPSA) is 12.9 Å². The highest BCUT2D eigenvalue weighted by atomic mass is 32.1. The quantitative estimate of drug-likeness (QED) is 0.283. The molecule has 3 heterocycles. The fourth-order valence-electron chi connectivity index (χ4n) is 3.93. The summed E-state index contributed by atoms with van der Waals surface area (Å²) >= 11 is 3.73. The van der Waals surface area contributed by atoms with Crippen LogP contribution in [-0.2, 0) is 0 Å². The van der Waals surface area contributed by atoms with Crippen molar-refractivity contribution < 1.29 is 0 Å². The van der Waals surface area contributed by atoms with Crippen LogP contribution in [0.4, 0.5) is 0 Å². The molecule has 3 heteroatoms. The van der Waals surface area contributed by atoms with Crippen molar-refractivity contribution in [2.45, 2.75) is 6.92 Å². The molecule has 128 valence electrons. The van der Waals surface area contributed by atoms with E-state index in [0.717, 1.165) is 5.69 Å². The Kier molecular flexibility index (Phi) is 3.19. The largest absolute Gasteiger partial charge is 0.255 e. The van der Waals surface area contributed by atoms with Gasteiger partial charge < -0.3 is 0 Å². The van der Waals surface area contributed by atoms with E-state index in [4.69, 9.17) is 4.98 Å². The van der Waals surface area contributed by atoms with Gasteiger partial charge in [-0.3, -0.25) is 4.98 Å². The molecule has 0 aliphatic rings. The molecule has 0 aliphatic carbocycles. The number of pyridine rings is 1. The van der Waals surface area contributed by atoms with Gasteiger partial charge in [0.1, 0.15) is 0 Å².